The SMILES string of the molecule is Cc1ccc(-c2cc(CO)cc(C(=O)NCc3cnc(C)nc3)c2)c(C#N)c1. The fourth-order valence-corrected chi connectivity index (χ4v) is 2.87. The normalized spacial score (nSPS) is 10.4. The molecule has 1 heterocycles. The lowest BCUT2D eigenvalue weighted by molar-refractivity contribution is 0.0950. The predicted molar refractivity (Wildman–Crippen MR) is 105 cm³/mol. The van der Waals surface area contributed by atoms with Gasteiger partial charge < -0.3 is 10.4 Å². The number of rotatable bonds is 5. The molecule has 0 bridgehead atoms. The number of hydrogen-bond acceptors (Lipinski definition) is 5. The van der Waals surface area contributed by atoms with Crippen molar-refractivity contribution in [3.8, 4) is 17.2 Å². The Morgan fingerprint density at radius 3 is 2.54 bits per heavy atom. The summed E-state index contributed by atoms with van der Waals surface area (Å²) in [5, 5.41) is 21.9. The summed E-state index contributed by atoms with van der Waals surface area (Å²) >= 11 is 0. The van der Waals surface area contributed by atoms with Gasteiger partial charge in [-0.25, -0.2) is 9.97 Å². The summed E-state index contributed by atoms with van der Waals surface area (Å²) in [5.41, 5.74) is 4.76. The van der Waals surface area contributed by atoms with Crippen molar-refractivity contribution in [2.75, 3.05) is 0 Å². The topological polar surface area (TPSA) is 98.9 Å². The third kappa shape index (κ3) is 4.40. The van der Waals surface area contributed by atoms with Crippen LogP contribution in [0.5, 0.6) is 0 Å². The second-order valence-electron chi connectivity index (χ2n) is 6.56. The first-order valence-electron chi connectivity index (χ1n) is 8.82. The van der Waals surface area contributed by atoms with Crippen molar-refractivity contribution in [1.82, 2.24) is 15.3 Å². The molecule has 0 aliphatic heterocycles. The summed E-state index contributed by atoms with van der Waals surface area (Å²) in [6.07, 6.45) is 3.34. The van der Waals surface area contributed by atoms with Gasteiger partial charge >= 0.3 is 0 Å². The number of amides is 1. The summed E-state index contributed by atoms with van der Waals surface area (Å²) in [5.74, 6) is 0.393. The molecule has 28 heavy (non-hydrogen) atoms. The molecule has 3 rings (SSSR count). The third-order valence-electron chi connectivity index (χ3n) is 4.33. The van der Waals surface area contributed by atoms with E-state index in [4.69, 9.17) is 0 Å². The summed E-state index contributed by atoms with van der Waals surface area (Å²) in [7, 11) is 0. The number of nitrogens with zero attached hydrogens (tertiary/aromatic N) is 3. The van der Waals surface area contributed by atoms with Crippen LogP contribution >= 0.6 is 0 Å². The van der Waals surface area contributed by atoms with Crippen LogP contribution in [0.25, 0.3) is 11.1 Å². The van der Waals surface area contributed by atoms with Crippen molar-refractivity contribution in [1.29, 1.82) is 5.26 Å². The molecule has 1 aromatic heterocycles. The highest BCUT2D eigenvalue weighted by atomic mass is 16.3. The Morgan fingerprint density at radius 1 is 1.11 bits per heavy atom. The van der Waals surface area contributed by atoms with Crippen LogP contribution in [0.4, 0.5) is 0 Å². The molecule has 0 spiro atoms. The Kier molecular flexibility index (Phi) is 5.78. The smallest absolute Gasteiger partial charge is 0.251 e. The minimum absolute atomic E-state index is 0.201. The highest BCUT2D eigenvalue weighted by molar-refractivity contribution is 5.96. The van der Waals surface area contributed by atoms with Gasteiger partial charge in [-0.15, -0.1) is 0 Å². The van der Waals surface area contributed by atoms with Gasteiger partial charge in [-0.3, -0.25) is 4.79 Å². The standard InChI is InChI=1S/C22H20N4O2/c1-14-3-4-21(20(5-14)9-23)18-6-16(13-27)7-19(8-18)22(28)26-12-17-10-24-15(2)25-11-17/h3-8,10-11,27H,12-13H2,1-2H3,(H,26,28). The summed E-state index contributed by atoms with van der Waals surface area (Å²) < 4.78 is 0. The van der Waals surface area contributed by atoms with Crippen LogP contribution in [0.15, 0.2) is 48.8 Å². The highest BCUT2D eigenvalue weighted by Gasteiger charge is 2.12. The zero-order valence-corrected chi connectivity index (χ0v) is 15.7. The molecule has 0 fully saturated rings. The number of aromatic nitrogens is 2. The molecule has 0 aliphatic rings. The van der Waals surface area contributed by atoms with Gasteiger partial charge in [0.25, 0.3) is 5.91 Å². The number of nitriles is 1. The quantitative estimate of drug-likeness (QED) is 0.717. The van der Waals surface area contributed by atoms with E-state index in [2.05, 4.69) is 21.4 Å². The summed E-state index contributed by atoms with van der Waals surface area (Å²) in [4.78, 5) is 20.9. The number of aliphatic hydroxyl groups is 1. The first-order valence-corrected chi connectivity index (χ1v) is 8.82. The van der Waals surface area contributed by atoms with E-state index in [0.717, 1.165) is 16.7 Å². The fraction of sp³-hybridized carbons (Fsp3) is 0.182. The summed E-state index contributed by atoms with van der Waals surface area (Å²) in [6.45, 7) is 3.81. The van der Waals surface area contributed by atoms with E-state index in [1.807, 2.05) is 19.1 Å². The van der Waals surface area contributed by atoms with Gasteiger partial charge in [0.15, 0.2) is 0 Å². The average molecular weight is 372 g/mol. The molecule has 3 aromatic rings. The van der Waals surface area contributed by atoms with Crippen LogP contribution in [0.2, 0.25) is 0 Å². The zero-order valence-electron chi connectivity index (χ0n) is 15.7. The Hall–Kier alpha value is -3.56. The Bertz CT molecular complexity index is 1050. The van der Waals surface area contributed by atoms with Crippen molar-refractivity contribution < 1.29 is 9.90 Å². The van der Waals surface area contributed by atoms with Gasteiger partial charge in [0, 0.05) is 30.1 Å². The van der Waals surface area contributed by atoms with Gasteiger partial charge in [-0.2, -0.15) is 5.26 Å². The van der Waals surface area contributed by atoms with Crippen molar-refractivity contribution in [2.45, 2.75) is 27.0 Å². The second-order valence-corrected chi connectivity index (χ2v) is 6.56. The van der Waals surface area contributed by atoms with E-state index in [-0.39, 0.29) is 12.5 Å². The van der Waals surface area contributed by atoms with Crippen molar-refractivity contribution in [2.24, 2.45) is 0 Å². The molecule has 2 aromatic carbocycles. The maximum atomic E-state index is 12.6. The predicted octanol–water partition coefficient (Wildman–Crippen LogP) is 3.05. The lowest BCUT2D eigenvalue weighted by Gasteiger charge is -2.11. The molecule has 0 saturated carbocycles. The first-order chi connectivity index (χ1) is 13.5. The van der Waals surface area contributed by atoms with Crippen LogP contribution in [0.1, 0.15) is 38.4 Å². The molecule has 2 N–H and O–H groups in total. The van der Waals surface area contributed by atoms with Gasteiger partial charge in [0.05, 0.1) is 18.2 Å². The lowest BCUT2D eigenvalue weighted by atomic mass is 9.95. The van der Waals surface area contributed by atoms with E-state index in [9.17, 15) is 15.2 Å². The molecule has 0 unspecified atom stereocenters. The van der Waals surface area contributed by atoms with Gasteiger partial charge in [-0.1, -0.05) is 12.1 Å². The van der Waals surface area contributed by atoms with Gasteiger partial charge in [0.1, 0.15) is 5.82 Å². The monoisotopic (exact) mass is 372 g/mol. The Morgan fingerprint density at radius 2 is 1.86 bits per heavy atom. The van der Waals surface area contributed by atoms with Crippen LogP contribution in [0.3, 0.4) is 0 Å². The van der Waals surface area contributed by atoms with Crippen LogP contribution in [-0.2, 0) is 13.2 Å². The molecule has 0 aliphatic carbocycles. The highest BCUT2D eigenvalue weighted by Crippen LogP contribution is 2.27. The van der Waals surface area contributed by atoms with E-state index in [1.165, 1.54) is 0 Å². The van der Waals surface area contributed by atoms with Crippen molar-refractivity contribution in [3.05, 3.63) is 82.4 Å². The number of aliphatic hydroxyl groups excluding tert-OH is 1. The maximum absolute atomic E-state index is 12.6. The first kappa shape index (κ1) is 19.2. The van der Waals surface area contributed by atoms with E-state index in [1.54, 1.807) is 43.6 Å². The minimum atomic E-state index is -0.275. The largest absolute Gasteiger partial charge is 0.392 e. The fourth-order valence-electron chi connectivity index (χ4n) is 2.87. The number of nitrogens with one attached hydrogen (secondary N) is 1. The van der Waals surface area contributed by atoms with Crippen LogP contribution in [0, 0.1) is 25.2 Å². The molecule has 0 saturated heterocycles. The number of carbonyl (C=O) groups excluding carboxylic acids is 1. The molecule has 6 nitrogen and oxygen atoms in total. The minimum Gasteiger partial charge on any atom is -0.392 e. The number of carbonyl (C=O) groups is 1. The van der Waals surface area contributed by atoms with Crippen molar-refractivity contribution >= 4 is 5.91 Å². The van der Waals surface area contributed by atoms with Gasteiger partial charge in [-0.05, 0) is 60.4 Å². The average Bonchev–Trinajstić information content (AvgIpc) is 2.72. The Balaban J connectivity index is 1.89. The molecular weight excluding hydrogens is 352 g/mol. The molecule has 140 valence electrons. The number of aryl methyl sites for hydroxylation is 2. The van der Waals surface area contributed by atoms with E-state index < -0.39 is 0 Å². The molecule has 0 atom stereocenters. The number of hydrogen-bond donors (Lipinski definition) is 2. The van der Waals surface area contributed by atoms with Crippen LogP contribution < -0.4 is 5.32 Å². The maximum Gasteiger partial charge on any atom is 0.251 e. The zero-order chi connectivity index (χ0) is 20.1. The van der Waals surface area contributed by atoms with Gasteiger partial charge in [0.2, 0.25) is 0 Å². The molecular formula is C22H20N4O2. The lowest BCUT2D eigenvalue weighted by Crippen LogP contribution is -2.23. The van der Waals surface area contributed by atoms with E-state index in [0.29, 0.717) is 34.6 Å². The van der Waals surface area contributed by atoms with E-state index >= 15 is 0 Å². The third-order valence-corrected chi connectivity index (χ3v) is 4.33. The molecule has 0 radical (unpaired) electrons. The van der Waals surface area contributed by atoms with Crippen molar-refractivity contribution in [3.63, 3.8) is 0 Å². The number of benzene rings is 2. The molecule has 1 amide bonds. The molecule has 6 heteroatoms. The second kappa shape index (κ2) is 8.42. The van der Waals surface area contributed by atoms with Crippen LogP contribution in [-0.4, -0.2) is 21.0 Å². The summed E-state index contributed by atoms with van der Waals surface area (Å²) in [6, 6.07) is 12.9. The Labute approximate surface area is 163 Å².